The highest BCUT2D eigenvalue weighted by Crippen LogP contribution is 2.14. The van der Waals surface area contributed by atoms with Gasteiger partial charge in [0.05, 0.1) is 10.9 Å². The fraction of sp³-hybridized carbons (Fsp3) is 0.438. The Balaban J connectivity index is 2.88. The number of nitrogens with one attached hydrogen (secondary N) is 2. The van der Waals surface area contributed by atoms with Gasteiger partial charge in [-0.05, 0) is 37.6 Å². The Kier molecular flexibility index (Phi) is 7.72. The molecule has 0 aliphatic carbocycles. The minimum Gasteiger partial charge on any atom is -0.480 e. The molecule has 10 heteroatoms. The van der Waals surface area contributed by atoms with Crippen LogP contribution in [0.3, 0.4) is 0 Å². The normalized spacial score (nSPS) is 12.3. The van der Waals surface area contributed by atoms with Gasteiger partial charge >= 0.3 is 5.97 Å². The van der Waals surface area contributed by atoms with Crippen molar-refractivity contribution in [3.05, 3.63) is 24.3 Å². The van der Waals surface area contributed by atoms with Crippen molar-refractivity contribution in [1.29, 1.82) is 0 Å². The van der Waals surface area contributed by atoms with Gasteiger partial charge in [0, 0.05) is 19.2 Å². The summed E-state index contributed by atoms with van der Waals surface area (Å²) in [4.78, 5) is 35.2. The lowest BCUT2D eigenvalue weighted by Crippen LogP contribution is -2.48. The largest absolute Gasteiger partial charge is 0.480 e. The Morgan fingerprint density at radius 1 is 1.19 bits per heavy atom. The first-order valence-electron chi connectivity index (χ1n) is 7.97. The second-order valence-electron chi connectivity index (χ2n) is 5.70. The van der Waals surface area contributed by atoms with Gasteiger partial charge in [-0.25, -0.2) is 8.42 Å². The number of carbonyl (C=O) groups excluding carboxylic acids is 2. The summed E-state index contributed by atoms with van der Waals surface area (Å²) >= 11 is 0. The zero-order chi connectivity index (χ0) is 19.9. The van der Waals surface area contributed by atoms with Gasteiger partial charge in [-0.15, -0.1) is 0 Å². The van der Waals surface area contributed by atoms with Gasteiger partial charge in [-0.2, -0.15) is 4.72 Å². The number of benzene rings is 1. The van der Waals surface area contributed by atoms with Crippen molar-refractivity contribution in [3.8, 4) is 0 Å². The van der Waals surface area contributed by atoms with Gasteiger partial charge in [0.2, 0.25) is 21.8 Å². The fourth-order valence-electron chi connectivity index (χ4n) is 2.25. The molecule has 1 unspecified atom stereocenters. The van der Waals surface area contributed by atoms with Crippen LogP contribution >= 0.6 is 0 Å². The molecule has 1 atom stereocenters. The number of carbonyl (C=O) groups is 3. The maximum absolute atomic E-state index is 12.4. The number of nitrogens with zero attached hydrogens (tertiary/aromatic N) is 1. The number of rotatable bonds is 9. The van der Waals surface area contributed by atoms with E-state index in [1.54, 1.807) is 6.92 Å². The highest BCUT2D eigenvalue weighted by atomic mass is 32.2. The molecular weight excluding hydrogens is 362 g/mol. The van der Waals surface area contributed by atoms with Crippen LogP contribution in [-0.4, -0.2) is 55.3 Å². The first-order chi connectivity index (χ1) is 12.1. The van der Waals surface area contributed by atoms with Gasteiger partial charge < -0.3 is 15.3 Å². The summed E-state index contributed by atoms with van der Waals surface area (Å²) in [5, 5.41) is 11.4. The third-order valence-electron chi connectivity index (χ3n) is 3.32. The smallest absolute Gasteiger partial charge is 0.323 e. The SMILES string of the molecule is CCCN(CC(=O)O)C(=O)C(C)NS(=O)(=O)c1ccc(NC(C)=O)cc1. The molecule has 0 saturated carbocycles. The second-order valence-corrected chi connectivity index (χ2v) is 7.42. The molecule has 2 amide bonds. The van der Waals surface area contributed by atoms with Crippen LogP contribution < -0.4 is 10.0 Å². The van der Waals surface area contributed by atoms with Gasteiger partial charge in [0.1, 0.15) is 6.54 Å². The van der Waals surface area contributed by atoms with Gasteiger partial charge in [0.25, 0.3) is 0 Å². The number of amides is 2. The molecule has 0 saturated heterocycles. The fourth-order valence-corrected chi connectivity index (χ4v) is 3.44. The lowest BCUT2D eigenvalue weighted by molar-refractivity contribution is -0.145. The molecule has 0 aliphatic heterocycles. The summed E-state index contributed by atoms with van der Waals surface area (Å²) in [5.41, 5.74) is 0.441. The average molecular weight is 385 g/mol. The molecule has 0 aliphatic rings. The van der Waals surface area contributed by atoms with Crippen LogP contribution in [0.1, 0.15) is 27.2 Å². The predicted octanol–water partition coefficient (Wildman–Crippen LogP) is 0.635. The molecule has 1 aromatic rings. The minimum atomic E-state index is -3.98. The number of anilines is 1. The van der Waals surface area contributed by atoms with Crippen LogP contribution in [0, 0.1) is 0 Å². The molecule has 1 rings (SSSR count). The van der Waals surface area contributed by atoms with E-state index in [1.165, 1.54) is 38.1 Å². The highest BCUT2D eigenvalue weighted by molar-refractivity contribution is 7.89. The maximum Gasteiger partial charge on any atom is 0.323 e. The van der Waals surface area contributed by atoms with E-state index in [0.717, 1.165) is 4.90 Å². The van der Waals surface area contributed by atoms with Crippen LogP contribution in [0.25, 0.3) is 0 Å². The number of carboxylic acid groups (broad SMARTS) is 1. The molecule has 0 spiro atoms. The van der Waals surface area contributed by atoms with Crippen molar-refractivity contribution < 1.29 is 27.9 Å². The van der Waals surface area contributed by atoms with Crippen molar-refractivity contribution >= 4 is 33.5 Å². The first-order valence-corrected chi connectivity index (χ1v) is 9.45. The highest BCUT2D eigenvalue weighted by Gasteiger charge is 2.26. The summed E-state index contributed by atoms with van der Waals surface area (Å²) in [5.74, 6) is -2.07. The quantitative estimate of drug-likeness (QED) is 0.571. The van der Waals surface area contributed by atoms with E-state index in [1.807, 2.05) is 0 Å². The summed E-state index contributed by atoms with van der Waals surface area (Å²) < 4.78 is 27.0. The predicted molar refractivity (Wildman–Crippen MR) is 95.0 cm³/mol. The number of hydrogen-bond donors (Lipinski definition) is 3. The number of hydrogen-bond acceptors (Lipinski definition) is 5. The molecule has 0 radical (unpaired) electrons. The number of aliphatic carboxylic acids is 1. The van der Waals surface area contributed by atoms with Crippen LogP contribution in [0.4, 0.5) is 5.69 Å². The van der Waals surface area contributed by atoms with Crippen LogP contribution in [0.5, 0.6) is 0 Å². The molecule has 3 N–H and O–H groups in total. The standard InChI is InChI=1S/C16H23N3O6S/c1-4-9-19(10-15(21)22)16(23)11(2)18-26(24,25)14-7-5-13(6-8-14)17-12(3)20/h5-8,11,18H,4,9-10H2,1-3H3,(H,17,20)(H,21,22). The van der Waals surface area contributed by atoms with Crippen molar-refractivity contribution in [2.45, 2.75) is 38.1 Å². The van der Waals surface area contributed by atoms with Gasteiger partial charge in [-0.3, -0.25) is 14.4 Å². The zero-order valence-electron chi connectivity index (χ0n) is 14.9. The molecule has 0 aromatic heterocycles. The monoisotopic (exact) mass is 385 g/mol. The van der Waals surface area contributed by atoms with E-state index in [-0.39, 0.29) is 17.3 Å². The number of carboxylic acids is 1. The van der Waals surface area contributed by atoms with E-state index in [2.05, 4.69) is 10.0 Å². The molecular formula is C16H23N3O6S. The summed E-state index contributed by atoms with van der Waals surface area (Å²) in [7, 11) is -3.98. The average Bonchev–Trinajstić information content (AvgIpc) is 2.52. The molecule has 0 fully saturated rings. The Morgan fingerprint density at radius 3 is 2.23 bits per heavy atom. The molecule has 144 valence electrons. The Labute approximate surface area is 152 Å². The van der Waals surface area contributed by atoms with Crippen molar-refractivity contribution in [2.75, 3.05) is 18.4 Å². The van der Waals surface area contributed by atoms with Gasteiger partial charge in [-0.1, -0.05) is 6.92 Å². The summed E-state index contributed by atoms with van der Waals surface area (Å²) in [6.07, 6.45) is 0.545. The first kappa shape index (κ1) is 21.6. The van der Waals surface area contributed by atoms with E-state index < -0.39 is 34.5 Å². The summed E-state index contributed by atoms with van der Waals surface area (Å²) in [6, 6.07) is 4.32. The third kappa shape index (κ3) is 6.45. The molecule has 1 aromatic carbocycles. The molecule has 0 heterocycles. The topological polar surface area (TPSA) is 133 Å². The molecule has 9 nitrogen and oxygen atoms in total. The Morgan fingerprint density at radius 2 is 1.77 bits per heavy atom. The van der Waals surface area contributed by atoms with E-state index >= 15 is 0 Å². The summed E-state index contributed by atoms with van der Waals surface area (Å²) in [6.45, 7) is 4.19. The molecule has 26 heavy (non-hydrogen) atoms. The van der Waals surface area contributed by atoms with Crippen molar-refractivity contribution in [2.24, 2.45) is 0 Å². The Hall–Kier alpha value is -2.46. The second kappa shape index (κ2) is 9.30. The van der Waals surface area contributed by atoms with Gasteiger partial charge in [0.15, 0.2) is 0 Å². The minimum absolute atomic E-state index is 0.0773. The van der Waals surface area contributed by atoms with Crippen LogP contribution in [0.2, 0.25) is 0 Å². The third-order valence-corrected chi connectivity index (χ3v) is 4.88. The van der Waals surface area contributed by atoms with E-state index in [0.29, 0.717) is 12.1 Å². The van der Waals surface area contributed by atoms with Crippen molar-refractivity contribution in [3.63, 3.8) is 0 Å². The number of sulfonamides is 1. The Bertz CT molecular complexity index is 761. The maximum atomic E-state index is 12.4. The van der Waals surface area contributed by atoms with Crippen LogP contribution in [-0.2, 0) is 24.4 Å². The lowest BCUT2D eigenvalue weighted by atomic mass is 10.3. The molecule has 0 bridgehead atoms. The van der Waals surface area contributed by atoms with E-state index in [9.17, 15) is 22.8 Å². The zero-order valence-corrected chi connectivity index (χ0v) is 15.7. The van der Waals surface area contributed by atoms with Crippen LogP contribution in [0.15, 0.2) is 29.2 Å². The van der Waals surface area contributed by atoms with E-state index in [4.69, 9.17) is 5.11 Å². The van der Waals surface area contributed by atoms with Crippen molar-refractivity contribution in [1.82, 2.24) is 9.62 Å². The lowest BCUT2D eigenvalue weighted by Gasteiger charge is -2.24.